The monoisotopic (exact) mass is 147 g/mol. The van der Waals surface area contributed by atoms with Crippen LogP contribution in [0.3, 0.4) is 0 Å². The van der Waals surface area contributed by atoms with Crippen LogP contribution < -0.4 is 0 Å². The van der Waals surface area contributed by atoms with Gasteiger partial charge in [0, 0.05) is 11.9 Å². The molecule has 1 heteroatoms. The van der Waals surface area contributed by atoms with Crippen molar-refractivity contribution in [3.63, 3.8) is 0 Å². The van der Waals surface area contributed by atoms with Crippen molar-refractivity contribution >= 4 is 0 Å². The summed E-state index contributed by atoms with van der Waals surface area (Å²) < 4.78 is 0. The Labute approximate surface area is 67.5 Å². The molecule has 0 saturated carbocycles. The molecule has 0 fully saturated rings. The lowest BCUT2D eigenvalue weighted by Crippen LogP contribution is -2.06. The lowest BCUT2D eigenvalue weighted by Gasteiger charge is -2.15. The van der Waals surface area contributed by atoms with E-state index in [0.717, 1.165) is 0 Å². The Morgan fingerprint density at radius 2 is 2.09 bits per heavy atom. The van der Waals surface area contributed by atoms with E-state index >= 15 is 0 Å². The number of hydrogen-bond donors (Lipinski definition) is 0. The smallest absolute Gasteiger partial charge is 0.0438 e. The summed E-state index contributed by atoms with van der Waals surface area (Å²) in [6.07, 6.45) is 7.04. The Kier molecular flexibility index (Phi) is 1.65. The molecule has 1 heterocycles. The highest BCUT2D eigenvalue weighted by Gasteiger charge is 2.10. The van der Waals surface area contributed by atoms with Crippen LogP contribution >= 0.6 is 0 Å². The predicted molar refractivity (Wildman–Crippen MR) is 45.6 cm³/mol. The van der Waals surface area contributed by atoms with Gasteiger partial charge in [0.05, 0.1) is 0 Å². The number of aromatic nitrogens is 1. The van der Waals surface area contributed by atoms with Gasteiger partial charge in [-0.3, -0.25) is 4.98 Å². The standard InChI is InChI=1S/C10H13N/c1-8-6-7-11-10-5-3-2-4-9(8)10/h6-7H,2-5H2,1H3. The van der Waals surface area contributed by atoms with Crippen LogP contribution in [0.5, 0.6) is 0 Å². The van der Waals surface area contributed by atoms with E-state index in [0.29, 0.717) is 0 Å². The first kappa shape index (κ1) is 6.84. The van der Waals surface area contributed by atoms with Gasteiger partial charge in [-0.15, -0.1) is 0 Å². The number of rotatable bonds is 0. The predicted octanol–water partition coefficient (Wildman–Crippen LogP) is 2.27. The first-order valence-electron chi connectivity index (χ1n) is 4.31. The van der Waals surface area contributed by atoms with Crippen LogP contribution in [0, 0.1) is 6.92 Å². The molecule has 0 radical (unpaired) electrons. The minimum Gasteiger partial charge on any atom is -0.261 e. The van der Waals surface area contributed by atoms with E-state index in [9.17, 15) is 0 Å². The molecule has 0 aromatic carbocycles. The molecular weight excluding hydrogens is 134 g/mol. The molecule has 1 aliphatic rings. The molecule has 0 bridgehead atoms. The fraction of sp³-hybridized carbons (Fsp3) is 0.500. The third kappa shape index (κ3) is 1.15. The summed E-state index contributed by atoms with van der Waals surface area (Å²) in [5.41, 5.74) is 4.28. The summed E-state index contributed by atoms with van der Waals surface area (Å²) in [6, 6.07) is 2.12. The number of nitrogens with zero attached hydrogens (tertiary/aromatic N) is 1. The summed E-state index contributed by atoms with van der Waals surface area (Å²) in [6.45, 7) is 2.19. The summed E-state index contributed by atoms with van der Waals surface area (Å²) in [5.74, 6) is 0. The quantitative estimate of drug-likeness (QED) is 0.548. The van der Waals surface area contributed by atoms with Crippen molar-refractivity contribution in [2.75, 3.05) is 0 Å². The highest BCUT2D eigenvalue weighted by Crippen LogP contribution is 2.21. The third-order valence-electron chi connectivity index (χ3n) is 2.47. The van der Waals surface area contributed by atoms with Crippen LogP contribution in [0.2, 0.25) is 0 Å². The topological polar surface area (TPSA) is 12.9 Å². The lowest BCUT2D eigenvalue weighted by atomic mass is 9.93. The summed E-state index contributed by atoms with van der Waals surface area (Å²) >= 11 is 0. The molecule has 58 valence electrons. The Morgan fingerprint density at radius 3 is 2.91 bits per heavy atom. The van der Waals surface area contributed by atoms with Gasteiger partial charge in [0.1, 0.15) is 0 Å². The Hall–Kier alpha value is -0.850. The van der Waals surface area contributed by atoms with Gasteiger partial charge in [-0.25, -0.2) is 0 Å². The van der Waals surface area contributed by atoms with Crippen LogP contribution in [0.1, 0.15) is 29.7 Å². The first-order chi connectivity index (χ1) is 5.38. The van der Waals surface area contributed by atoms with Gasteiger partial charge in [0.25, 0.3) is 0 Å². The minimum absolute atomic E-state index is 1.19. The molecule has 0 unspecified atom stereocenters. The molecule has 1 aromatic heterocycles. The molecule has 1 aliphatic carbocycles. The number of fused-ring (bicyclic) bond motifs is 1. The minimum atomic E-state index is 1.19. The van der Waals surface area contributed by atoms with Crippen LogP contribution in [0.25, 0.3) is 0 Å². The third-order valence-corrected chi connectivity index (χ3v) is 2.47. The van der Waals surface area contributed by atoms with Gasteiger partial charge in [-0.2, -0.15) is 0 Å². The van der Waals surface area contributed by atoms with Gasteiger partial charge in [0.15, 0.2) is 0 Å². The van der Waals surface area contributed by atoms with Crippen LogP contribution in [0.15, 0.2) is 12.3 Å². The van der Waals surface area contributed by atoms with Crippen molar-refractivity contribution in [2.45, 2.75) is 32.6 Å². The summed E-state index contributed by atoms with van der Waals surface area (Å²) in [4.78, 5) is 4.38. The first-order valence-corrected chi connectivity index (χ1v) is 4.31. The van der Waals surface area contributed by atoms with Gasteiger partial charge in [-0.05, 0) is 49.8 Å². The molecule has 2 rings (SSSR count). The average molecular weight is 147 g/mol. The number of aryl methyl sites for hydroxylation is 2. The van der Waals surface area contributed by atoms with Crippen molar-refractivity contribution in [1.29, 1.82) is 0 Å². The zero-order chi connectivity index (χ0) is 7.68. The molecule has 0 amide bonds. The Morgan fingerprint density at radius 1 is 1.27 bits per heavy atom. The highest BCUT2D eigenvalue weighted by atomic mass is 14.7. The van der Waals surface area contributed by atoms with Gasteiger partial charge >= 0.3 is 0 Å². The van der Waals surface area contributed by atoms with Crippen molar-refractivity contribution in [1.82, 2.24) is 4.98 Å². The van der Waals surface area contributed by atoms with Crippen molar-refractivity contribution < 1.29 is 0 Å². The normalized spacial score (nSPS) is 16.1. The van der Waals surface area contributed by atoms with Gasteiger partial charge < -0.3 is 0 Å². The Bertz CT molecular complexity index is 266. The van der Waals surface area contributed by atoms with Crippen molar-refractivity contribution in [3.05, 3.63) is 29.1 Å². The summed E-state index contributed by atoms with van der Waals surface area (Å²) in [7, 11) is 0. The van der Waals surface area contributed by atoms with Crippen LogP contribution in [-0.2, 0) is 12.8 Å². The molecule has 1 nitrogen and oxygen atoms in total. The lowest BCUT2D eigenvalue weighted by molar-refractivity contribution is 0.664. The van der Waals surface area contributed by atoms with E-state index in [-0.39, 0.29) is 0 Å². The van der Waals surface area contributed by atoms with E-state index in [4.69, 9.17) is 0 Å². The van der Waals surface area contributed by atoms with Crippen molar-refractivity contribution in [3.8, 4) is 0 Å². The molecule has 0 N–H and O–H groups in total. The van der Waals surface area contributed by atoms with E-state index in [1.54, 1.807) is 0 Å². The zero-order valence-electron chi connectivity index (χ0n) is 6.93. The molecular formula is C10H13N. The Balaban J connectivity index is 2.49. The van der Waals surface area contributed by atoms with Gasteiger partial charge in [0.2, 0.25) is 0 Å². The average Bonchev–Trinajstić information content (AvgIpc) is 2.06. The molecule has 0 spiro atoms. The highest BCUT2D eigenvalue weighted by molar-refractivity contribution is 5.30. The fourth-order valence-electron chi connectivity index (χ4n) is 1.80. The second kappa shape index (κ2) is 2.65. The van der Waals surface area contributed by atoms with Crippen LogP contribution in [-0.4, -0.2) is 4.98 Å². The van der Waals surface area contributed by atoms with E-state index in [2.05, 4.69) is 18.0 Å². The SMILES string of the molecule is Cc1ccnc2c1CCCC2. The van der Waals surface area contributed by atoms with E-state index in [1.165, 1.54) is 42.5 Å². The molecule has 11 heavy (non-hydrogen) atoms. The van der Waals surface area contributed by atoms with Gasteiger partial charge in [-0.1, -0.05) is 0 Å². The molecule has 1 aromatic rings. The molecule has 0 atom stereocenters. The van der Waals surface area contributed by atoms with Crippen molar-refractivity contribution in [2.24, 2.45) is 0 Å². The molecule has 0 aliphatic heterocycles. The maximum absolute atomic E-state index is 4.38. The fourth-order valence-corrected chi connectivity index (χ4v) is 1.80. The number of hydrogen-bond acceptors (Lipinski definition) is 1. The largest absolute Gasteiger partial charge is 0.261 e. The molecule has 0 saturated heterocycles. The maximum atomic E-state index is 4.38. The van der Waals surface area contributed by atoms with E-state index < -0.39 is 0 Å². The number of pyridine rings is 1. The van der Waals surface area contributed by atoms with Crippen LogP contribution in [0.4, 0.5) is 0 Å². The maximum Gasteiger partial charge on any atom is 0.0438 e. The summed E-state index contributed by atoms with van der Waals surface area (Å²) in [5, 5.41) is 0. The second-order valence-corrected chi connectivity index (χ2v) is 3.26. The zero-order valence-corrected chi connectivity index (χ0v) is 6.93. The second-order valence-electron chi connectivity index (χ2n) is 3.26. The van der Waals surface area contributed by atoms with E-state index in [1.807, 2.05) is 6.20 Å².